The van der Waals surface area contributed by atoms with Gasteiger partial charge in [-0.05, 0) is 24.8 Å². The van der Waals surface area contributed by atoms with Crippen LogP contribution in [0.2, 0.25) is 0 Å². The number of nitrogens with two attached hydrogens (primary N) is 1. The predicted molar refractivity (Wildman–Crippen MR) is 67.3 cm³/mol. The highest BCUT2D eigenvalue weighted by Crippen LogP contribution is 2.32. The normalized spacial score (nSPS) is 15.2. The van der Waals surface area contributed by atoms with Crippen molar-refractivity contribution in [1.29, 1.82) is 0 Å². The Morgan fingerprint density at radius 1 is 1.56 bits per heavy atom. The zero-order chi connectivity index (χ0) is 11.5. The van der Waals surface area contributed by atoms with E-state index < -0.39 is 0 Å². The van der Waals surface area contributed by atoms with Crippen molar-refractivity contribution in [3.63, 3.8) is 0 Å². The van der Waals surface area contributed by atoms with Crippen LogP contribution >= 0.6 is 0 Å². The molecule has 0 aromatic carbocycles. The molecule has 3 N–H and O–H groups in total. The fraction of sp³-hybridized carbons (Fsp3) is 0.583. The summed E-state index contributed by atoms with van der Waals surface area (Å²) in [6, 6.07) is 4.79. The van der Waals surface area contributed by atoms with Crippen LogP contribution in [0.25, 0.3) is 0 Å². The molecule has 1 fully saturated rings. The van der Waals surface area contributed by atoms with Gasteiger partial charge in [-0.1, -0.05) is 13.8 Å². The lowest BCUT2D eigenvalue weighted by atomic mass is 10.2. The van der Waals surface area contributed by atoms with Gasteiger partial charge in [-0.25, -0.2) is 10.8 Å². The first kappa shape index (κ1) is 11.2. The number of anilines is 2. The molecule has 4 heteroatoms. The molecule has 1 aliphatic carbocycles. The molecule has 1 saturated carbocycles. The molecule has 4 nitrogen and oxygen atoms in total. The quantitative estimate of drug-likeness (QED) is 0.588. The Balaban J connectivity index is 2.16. The summed E-state index contributed by atoms with van der Waals surface area (Å²) in [5, 5.41) is 0. The molecule has 1 aliphatic rings. The monoisotopic (exact) mass is 220 g/mol. The lowest BCUT2D eigenvalue weighted by molar-refractivity contribution is 0.607. The van der Waals surface area contributed by atoms with Crippen LogP contribution in [0.15, 0.2) is 18.3 Å². The lowest BCUT2D eigenvalue weighted by Crippen LogP contribution is -2.29. The third-order valence-electron chi connectivity index (χ3n) is 2.77. The zero-order valence-electron chi connectivity index (χ0n) is 9.98. The van der Waals surface area contributed by atoms with Gasteiger partial charge in [0, 0.05) is 30.5 Å². The van der Waals surface area contributed by atoms with Gasteiger partial charge in [-0.3, -0.25) is 0 Å². The molecule has 0 bridgehead atoms. The molecule has 0 unspecified atom stereocenters. The van der Waals surface area contributed by atoms with Gasteiger partial charge >= 0.3 is 0 Å². The minimum absolute atomic E-state index is 0.669. The number of hydrazine groups is 1. The molecule has 0 atom stereocenters. The van der Waals surface area contributed by atoms with Gasteiger partial charge in [0.25, 0.3) is 0 Å². The van der Waals surface area contributed by atoms with Crippen molar-refractivity contribution in [2.75, 3.05) is 16.9 Å². The van der Waals surface area contributed by atoms with E-state index in [-0.39, 0.29) is 0 Å². The molecule has 0 spiro atoms. The number of nitrogens with zero attached hydrogens (tertiary/aromatic N) is 2. The highest BCUT2D eigenvalue weighted by atomic mass is 15.3. The van der Waals surface area contributed by atoms with Crippen LogP contribution in [0, 0.1) is 5.92 Å². The molecule has 0 radical (unpaired) electrons. The molecule has 88 valence electrons. The fourth-order valence-corrected chi connectivity index (χ4v) is 1.92. The van der Waals surface area contributed by atoms with Gasteiger partial charge in [0.2, 0.25) is 0 Å². The first-order valence-electron chi connectivity index (χ1n) is 5.90. The molecule has 0 amide bonds. The van der Waals surface area contributed by atoms with Crippen molar-refractivity contribution in [3.05, 3.63) is 18.3 Å². The number of nitrogens with one attached hydrogen (secondary N) is 1. The molecule has 2 rings (SSSR count). The van der Waals surface area contributed by atoms with Crippen LogP contribution < -0.4 is 16.2 Å². The maximum absolute atomic E-state index is 5.38. The maximum Gasteiger partial charge on any atom is 0.141 e. The van der Waals surface area contributed by atoms with E-state index in [1.807, 2.05) is 6.07 Å². The predicted octanol–water partition coefficient (Wildman–Crippen LogP) is 1.99. The summed E-state index contributed by atoms with van der Waals surface area (Å²) < 4.78 is 0. The van der Waals surface area contributed by atoms with Crippen LogP contribution in [0.1, 0.15) is 26.7 Å². The molecule has 1 heterocycles. The standard InChI is InChI=1S/C12H20N4/c1-9(2)8-16(10-3-4-10)11-5-6-14-12(7-11)15-13/h5-7,9-10H,3-4,8,13H2,1-2H3,(H,14,15). The summed E-state index contributed by atoms with van der Waals surface area (Å²) in [5.41, 5.74) is 3.82. The molecule has 0 aliphatic heterocycles. The molecule has 0 saturated heterocycles. The average Bonchev–Trinajstić information content (AvgIpc) is 3.09. The van der Waals surface area contributed by atoms with Gasteiger partial charge in [0.15, 0.2) is 0 Å². The number of hydrogen-bond donors (Lipinski definition) is 2. The van der Waals surface area contributed by atoms with Crippen molar-refractivity contribution in [1.82, 2.24) is 4.98 Å². The first-order valence-corrected chi connectivity index (χ1v) is 5.90. The van der Waals surface area contributed by atoms with Gasteiger partial charge in [-0.15, -0.1) is 0 Å². The Bertz CT molecular complexity index is 347. The molecule has 16 heavy (non-hydrogen) atoms. The van der Waals surface area contributed by atoms with Crippen molar-refractivity contribution < 1.29 is 0 Å². The Labute approximate surface area is 96.8 Å². The van der Waals surface area contributed by atoms with E-state index in [9.17, 15) is 0 Å². The number of pyridine rings is 1. The summed E-state index contributed by atoms with van der Waals surface area (Å²) in [4.78, 5) is 6.60. The van der Waals surface area contributed by atoms with E-state index in [1.54, 1.807) is 6.20 Å². The summed E-state index contributed by atoms with van der Waals surface area (Å²) in [6.07, 6.45) is 4.42. The van der Waals surface area contributed by atoms with Gasteiger partial charge in [0.1, 0.15) is 5.82 Å². The summed E-state index contributed by atoms with van der Waals surface area (Å²) in [7, 11) is 0. The van der Waals surface area contributed by atoms with Crippen LogP contribution in [0.5, 0.6) is 0 Å². The zero-order valence-corrected chi connectivity index (χ0v) is 9.98. The topological polar surface area (TPSA) is 54.2 Å². The Morgan fingerprint density at radius 3 is 2.88 bits per heavy atom. The van der Waals surface area contributed by atoms with E-state index in [0.717, 1.165) is 18.4 Å². The second kappa shape index (κ2) is 4.70. The van der Waals surface area contributed by atoms with Crippen LogP contribution in [-0.2, 0) is 0 Å². The molecule has 1 aromatic heterocycles. The largest absolute Gasteiger partial charge is 0.368 e. The third kappa shape index (κ3) is 2.64. The maximum atomic E-state index is 5.38. The molecular weight excluding hydrogens is 200 g/mol. The fourth-order valence-electron chi connectivity index (χ4n) is 1.92. The van der Waals surface area contributed by atoms with Gasteiger partial charge < -0.3 is 10.3 Å². The molecule has 1 aromatic rings. The number of aromatic nitrogens is 1. The van der Waals surface area contributed by atoms with E-state index in [2.05, 4.69) is 35.2 Å². The summed E-state index contributed by atoms with van der Waals surface area (Å²) in [5.74, 6) is 6.78. The second-order valence-electron chi connectivity index (χ2n) is 4.82. The highest BCUT2D eigenvalue weighted by molar-refractivity contribution is 5.54. The average molecular weight is 220 g/mol. The minimum Gasteiger partial charge on any atom is -0.368 e. The van der Waals surface area contributed by atoms with E-state index in [0.29, 0.717) is 5.92 Å². The highest BCUT2D eigenvalue weighted by Gasteiger charge is 2.29. The van der Waals surface area contributed by atoms with E-state index in [1.165, 1.54) is 18.5 Å². The Morgan fingerprint density at radius 2 is 2.31 bits per heavy atom. The number of nitrogen functional groups attached to an aromatic ring is 1. The van der Waals surface area contributed by atoms with Crippen molar-refractivity contribution >= 4 is 11.5 Å². The second-order valence-corrected chi connectivity index (χ2v) is 4.82. The first-order chi connectivity index (χ1) is 7.70. The lowest BCUT2D eigenvalue weighted by Gasteiger charge is -2.26. The van der Waals surface area contributed by atoms with Crippen molar-refractivity contribution in [3.8, 4) is 0 Å². The van der Waals surface area contributed by atoms with Crippen LogP contribution in [0.3, 0.4) is 0 Å². The van der Waals surface area contributed by atoms with Crippen LogP contribution in [-0.4, -0.2) is 17.6 Å². The SMILES string of the molecule is CC(C)CN(c1ccnc(NN)c1)C1CC1. The van der Waals surface area contributed by atoms with Gasteiger partial charge in [0.05, 0.1) is 0 Å². The summed E-state index contributed by atoms with van der Waals surface area (Å²) >= 11 is 0. The van der Waals surface area contributed by atoms with Crippen molar-refractivity contribution in [2.45, 2.75) is 32.7 Å². The molecular formula is C12H20N4. The minimum atomic E-state index is 0.669. The Hall–Kier alpha value is -1.29. The third-order valence-corrected chi connectivity index (χ3v) is 2.77. The van der Waals surface area contributed by atoms with E-state index >= 15 is 0 Å². The number of hydrogen-bond acceptors (Lipinski definition) is 4. The van der Waals surface area contributed by atoms with Crippen molar-refractivity contribution in [2.24, 2.45) is 11.8 Å². The number of rotatable bonds is 5. The van der Waals surface area contributed by atoms with Crippen LogP contribution in [0.4, 0.5) is 11.5 Å². The van der Waals surface area contributed by atoms with Gasteiger partial charge in [-0.2, -0.15) is 0 Å². The smallest absolute Gasteiger partial charge is 0.141 e. The Kier molecular flexibility index (Phi) is 3.29. The summed E-state index contributed by atoms with van der Waals surface area (Å²) in [6.45, 7) is 5.59. The van der Waals surface area contributed by atoms with E-state index in [4.69, 9.17) is 5.84 Å².